The van der Waals surface area contributed by atoms with Crippen LogP contribution in [-0.2, 0) is 0 Å². The summed E-state index contributed by atoms with van der Waals surface area (Å²) in [6, 6.07) is 0. The number of nitrogens with one attached hydrogen (secondary N) is 1. The molecule has 46 valence electrons. The average molecular weight is 115 g/mol. The Morgan fingerprint density at radius 3 is 2.25 bits per heavy atom. The van der Waals surface area contributed by atoms with E-state index in [1.54, 1.807) is 0 Å². The summed E-state index contributed by atoms with van der Waals surface area (Å²) in [7, 11) is 0. The Bertz CT molecular complexity index is 104. The van der Waals surface area contributed by atoms with Crippen molar-refractivity contribution in [2.24, 2.45) is 5.41 Å². The quantitative estimate of drug-likeness (QED) is 0.490. The van der Waals surface area contributed by atoms with Crippen LogP contribution in [0.3, 0.4) is 0 Å². The summed E-state index contributed by atoms with van der Waals surface area (Å²) in [5, 5.41) is 3.09. The van der Waals surface area contributed by atoms with Crippen LogP contribution < -0.4 is 5.32 Å². The molecule has 0 unspecified atom stereocenters. The van der Waals surface area contributed by atoms with Crippen molar-refractivity contribution in [1.82, 2.24) is 5.32 Å². The van der Waals surface area contributed by atoms with Gasteiger partial charge in [0.2, 0.25) is 0 Å². The lowest BCUT2D eigenvalue weighted by Gasteiger charge is -2.52. The van der Waals surface area contributed by atoms with E-state index in [2.05, 4.69) is 5.32 Å². The van der Waals surface area contributed by atoms with Gasteiger partial charge in [-0.2, -0.15) is 0 Å². The van der Waals surface area contributed by atoms with Crippen LogP contribution in [0.2, 0.25) is 0 Å². The van der Waals surface area contributed by atoms with Gasteiger partial charge in [0.25, 0.3) is 0 Å². The van der Waals surface area contributed by atoms with E-state index in [9.17, 15) is 4.39 Å². The van der Waals surface area contributed by atoms with E-state index < -0.39 is 6.17 Å². The van der Waals surface area contributed by atoms with E-state index in [1.165, 1.54) is 0 Å². The number of alkyl halides is 1. The first-order valence-corrected chi connectivity index (χ1v) is 3.18. The minimum Gasteiger partial charge on any atom is -0.315 e. The first-order valence-electron chi connectivity index (χ1n) is 3.18. The smallest absolute Gasteiger partial charge is 0.108 e. The monoisotopic (exact) mass is 115 g/mol. The fourth-order valence-electron chi connectivity index (χ4n) is 1.51. The summed E-state index contributed by atoms with van der Waals surface area (Å²) in [6.07, 6.45) is 1.44. The Morgan fingerprint density at radius 2 is 2.25 bits per heavy atom. The van der Waals surface area contributed by atoms with Gasteiger partial charge in [0, 0.05) is 18.5 Å². The molecule has 1 saturated heterocycles. The molecule has 2 heteroatoms. The summed E-state index contributed by atoms with van der Waals surface area (Å²) in [6.45, 7) is 1.85. The van der Waals surface area contributed by atoms with Crippen molar-refractivity contribution < 1.29 is 4.39 Å². The molecule has 1 heterocycles. The molecule has 2 aliphatic rings. The highest BCUT2D eigenvalue weighted by molar-refractivity contribution is 5.04. The van der Waals surface area contributed by atoms with E-state index in [1.807, 2.05) is 0 Å². The SMILES string of the molecule is F[C@@H]1CCC12CNC2. The molecule has 1 aliphatic carbocycles. The van der Waals surface area contributed by atoms with Gasteiger partial charge in [0.15, 0.2) is 0 Å². The zero-order valence-corrected chi connectivity index (χ0v) is 4.78. The Kier molecular flexibility index (Phi) is 0.734. The van der Waals surface area contributed by atoms with Crippen molar-refractivity contribution in [2.75, 3.05) is 13.1 Å². The van der Waals surface area contributed by atoms with Crippen LogP contribution >= 0.6 is 0 Å². The van der Waals surface area contributed by atoms with Crippen molar-refractivity contribution in [3.63, 3.8) is 0 Å². The van der Waals surface area contributed by atoms with Crippen molar-refractivity contribution >= 4 is 0 Å². The van der Waals surface area contributed by atoms with Crippen molar-refractivity contribution in [3.05, 3.63) is 0 Å². The molecule has 1 N–H and O–H groups in total. The molecule has 2 fully saturated rings. The molecular formula is C6H10FN. The second kappa shape index (κ2) is 1.24. The molecule has 0 amide bonds. The zero-order valence-electron chi connectivity index (χ0n) is 4.78. The Balaban J connectivity index is 2.03. The van der Waals surface area contributed by atoms with Crippen LogP contribution in [0.4, 0.5) is 4.39 Å². The number of hydrogen-bond acceptors (Lipinski definition) is 1. The molecule has 0 aromatic heterocycles. The molecule has 2 rings (SSSR count). The van der Waals surface area contributed by atoms with Crippen molar-refractivity contribution in [1.29, 1.82) is 0 Å². The minimum atomic E-state index is -0.483. The van der Waals surface area contributed by atoms with Crippen LogP contribution in [0.25, 0.3) is 0 Å². The zero-order chi connectivity index (χ0) is 5.61. The molecule has 0 radical (unpaired) electrons. The van der Waals surface area contributed by atoms with Gasteiger partial charge in [0.05, 0.1) is 0 Å². The molecule has 0 aromatic rings. The van der Waals surface area contributed by atoms with Crippen LogP contribution in [0.1, 0.15) is 12.8 Å². The topological polar surface area (TPSA) is 12.0 Å². The molecule has 1 spiro atoms. The Morgan fingerprint density at radius 1 is 1.50 bits per heavy atom. The molecule has 1 saturated carbocycles. The van der Waals surface area contributed by atoms with Gasteiger partial charge in [-0.25, -0.2) is 4.39 Å². The van der Waals surface area contributed by atoms with Gasteiger partial charge in [-0.15, -0.1) is 0 Å². The van der Waals surface area contributed by atoms with Gasteiger partial charge < -0.3 is 5.32 Å². The molecule has 0 bridgehead atoms. The lowest BCUT2D eigenvalue weighted by atomic mass is 9.63. The second-order valence-corrected chi connectivity index (χ2v) is 2.97. The van der Waals surface area contributed by atoms with Gasteiger partial charge in [0.1, 0.15) is 6.17 Å². The fraction of sp³-hybridized carbons (Fsp3) is 1.00. The molecule has 1 atom stereocenters. The number of hydrogen-bond donors (Lipinski definition) is 1. The Labute approximate surface area is 48.3 Å². The van der Waals surface area contributed by atoms with Gasteiger partial charge in [-0.05, 0) is 12.8 Å². The third kappa shape index (κ3) is 0.356. The summed E-state index contributed by atoms with van der Waals surface area (Å²) in [5.41, 5.74) is 0.125. The average Bonchev–Trinajstić information content (AvgIpc) is 1.58. The lowest BCUT2D eigenvalue weighted by Crippen LogP contribution is -2.63. The fourth-order valence-corrected chi connectivity index (χ4v) is 1.51. The Hall–Kier alpha value is -0.110. The highest BCUT2D eigenvalue weighted by Gasteiger charge is 2.51. The number of halogens is 1. The maximum absolute atomic E-state index is 12.6. The second-order valence-electron chi connectivity index (χ2n) is 2.97. The molecule has 8 heavy (non-hydrogen) atoms. The first kappa shape index (κ1) is 4.74. The third-order valence-corrected chi connectivity index (χ3v) is 2.51. The summed E-state index contributed by atoms with van der Waals surface area (Å²) < 4.78 is 12.6. The van der Waals surface area contributed by atoms with Crippen LogP contribution in [0.5, 0.6) is 0 Å². The standard InChI is InChI=1S/C6H10FN/c7-5-1-2-6(5)3-8-4-6/h5,8H,1-4H2/t5-/m1/s1. The first-order chi connectivity index (χ1) is 3.83. The van der Waals surface area contributed by atoms with Gasteiger partial charge >= 0.3 is 0 Å². The predicted molar refractivity (Wildman–Crippen MR) is 29.4 cm³/mol. The largest absolute Gasteiger partial charge is 0.315 e. The third-order valence-electron chi connectivity index (χ3n) is 2.51. The maximum Gasteiger partial charge on any atom is 0.108 e. The highest BCUT2D eigenvalue weighted by atomic mass is 19.1. The molecule has 0 aromatic carbocycles. The van der Waals surface area contributed by atoms with Crippen molar-refractivity contribution in [3.8, 4) is 0 Å². The number of rotatable bonds is 0. The summed E-state index contributed by atoms with van der Waals surface area (Å²) >= 11 is 0. The highest BCUT2D eigenvalue weighted by Crippen LogP contribution is 2.46. The van der Waals surface area contributed by atoms with E-state index in [-0.39, 0.29) is 5.41 Å². The normalized spacial score (nSPS) is 40.9. The van der Waals surface area contributed by atoms with E-state index in [0.29, 0.717) is 0 Å². The van der Waals surface area contributed by atoms with E-state index >= 15 is 0 Å². The van der Waals surface area contributed by atoms with Crippen LogP contribution in [0.15, 0.2) is 0 Å². The van der Waals surface area contributed by atoms with E-state index in [4.69, 9.17) is 0 Å². The van der Waals surface area contributed by atoms with E-state index in [0.717, 1.165) is 25.9 Å². The summed E-state index contributed by atoms with van der Waals surface area (Å²) in [4.78, 5) is 0. The van der Waals surface area contributed by atoms with Gasteiger partial charge in [-0.3, -0.25) is 0 Å². The predicted octanol–water partition coefficient (Wildman–Crippen LogP) is 0.708. The van der Waals surface area contributed by atoms with Crippen LogP contribution in [-0.4, -0.2) is 19.3 Å². The molecule has 1 aliphatic heterocycles. The molecular weight excluding hydrogens is 105 g/mol. The lowest BCUT2D eigenvalue weighted by molar-refractivity contribution is -0.0457. The van der Waals surface area contributed by atoms with Crippen molar-refractivity contribution in [2.45, 2.75) is 19.0 Å². The minimum absolute atomic E-state index is 0.125. The van der Waals surface area contributed by atoms with Crippen LogP contribution in [0, 0.1) is 5.41 Å². The maximum atomic E-state index is 12.6. The summed E-state index contributed by atoms with van der Waals surface area (Å²) in [5.74, 6) is 0. The van der Waals surface area contributed by atoms with Gasteiger partial charge in [-0.1, -0.05) is 0 Å². The molecule has 1 nitrogen and oxygen atoms in total.